The number of rotatable bonds is 8. The van der Waals surface area contributed by atoms with Gasteiger partial charge in [-0.05, 0) is 84.7 Å². The molecule has 2 saturated carbocycles. The smallest absolute Gasteiger partial charge is 0.326 e. The molecule has 4 heterocycles. The van der Waals surface area contributed by atoms with Crippen molar-refractivity contribution in [2.24, 2.45) is 40.0 Å². The zero-order valence-electron chi connectivity index (χ0n) is 39.1. The minimum absolute atomic E-state index is 0.0165. The zero-order chi connectivity index (χ0) is 54.4. The molecule has 4 aromatic heterocycles. The molecule has 29 heteroatoms. The Labute approximate surface area is 423 Å². The maximum absolute atomic E-state index is 13.4. The summed E-state index contributed by atoms with van der Waals surface area (Å²) in [6.45, 7) is -0.507. The molecule has 2 N–H and O–H groups in total. The van der Waals surface area contributed by atoms with E-state index in [2.05, 4.69) is 38.4 Å². The molecule has 73 heavy (non-hydrogen) atoms. The number of imidazole rings is 2. The highest BCUT2D eigenvalue weighted by molar-refractivity contribution is 14.1. The van der Waals surface area contributed by atoms with Gasteiger partial charge in [0, 0.05) is 73.0 Å². The van der Waals surface area contributed by atoms with Crippen LogP contribution >= 0.6 is 22.6 Å². The van der Waals surface area contributed by atoms with Crippen LogP contribution < -0.4 is 33.1 Å². The molecular formula is C44H41F6IN10O10S2. The third-order valence-electron chi connectivity index (χ3n) is 10.9. The maximum atomic E-state index is 13.4. The average Bonchev–Trinajstić information content (AvgIpc) is 4.22. The second kappa shape index (κ2) is 20.5. The number of halogens is 7. The van der Waals surface area contributed by atoms with E-state index in [9.17, 15) is 71.9 Å². The van der Waals surface area contributed by atoms with E-state index in [4.69, 9.17) is 6.42 Å². The van der Waals surface area contributed by atoms with Crippen LogP contribution in [-0.4, -0.2) is 78.5 Å². The Morgan fingerprint density at radius 3 is 1.44 bits per heavy atom. The van der Waals surface area contributed by atoms with Crippen molar-refractivity contribution in [3.05, 3.63) is 98.3 Å². The number of hydrogen-bond acceptors (Lipinski definition) is 12. The summed E-state index contributed by atoms with van der Waals surface area (Å²) in [5, 5.41) is 4.25. The van der Waals surface area contributed by atoms with Crippen molar-refractivity contribution in [3.63, 3.8) is 0 Å². The summed E-state index contributed by atoms with van der Waals surface area (Å²) in [5.74, 6) is 6.59. The SMILES string of the molecule is C#CCn1c(=O)n(C)c(=O)c2c1nc(S(C)(=O)=O)n2C.Cn1c(=O)c2c(nc(S(C)(=O)=O)n2C)n(CC#Cc2cc(NC(=O)C3CC3)cc(C(F)(F)F)c2)c1=O.O=C(Nc1cc(I)cc(C(F)(F)F)c1)C1CC1. The number of carbonyl (C=O) groups is 2. The van der Waals surface area contributed by atoms with Gasteiger partial charge in [-0.1, -0.05) is 17.8 Å². The van der Waals surface area contributed by atoms with Crippen molar-refractivity contribution in [1.29, 1.82) is 0 Å². The Morgan fingerprint density at radius 2 is 1.05 bits per heavy atom. The molecule has 0 atom stereocenters. The second-order valence-electron chi connectivity index (χ2n) is 16.8. The van der Waals surface area contributed by atoms with E-state index in [0.29, 0.717) is 16.4 Å². The van der Waals surface area contributed by atoms with Gasteiger partial charge in [0.2, 0.25) is 41.8 Å². The molecular weight excluding hydrogens is 1130 g/mol. The van der Waals surface area contributed by atoms with Crippen LogP contribution in [0.25, 0.3) is 22.3 Å². The Morgan fingerprint density at radius 1 is 0.658 bits per heavy atom. The van der Waals surface area contributed by atoms with Crippen LogP contribution in [0.2, 0.25) is 0 Å². The van der Waals surface area contributed by atoms with Crippen LogP contribution in [0.3, 0.4) is 0 Å². The highest BCUT2D eigenvalue weighted by Gasteiger charge is 2.35. The third-order valence-corrected chi connectivity index (χ3v) is 13.6. The van der Waals surface area contributed by atoms with Crippen molar-refractivity contribution in [2.75, 3.05) is 23.1 Å². The van der Waals surface area contributed by atoms with Gasteiger partial charge in [0.25, 0.3) is 11.1 Å². The van der Waals surface area contributed by atoms with Crippen LogP contribution in [0.5, 0.6) is 0 Å². The summed E-state index contributed by atoms with van der Waals surface area (Å²) < 4.78 is 132. The van der Waals surface area contributed by atoms with Gasteiger partial charge in [0.15, 0.2) is 22.3 Å². The minimum atomic E-state index is -4.69. The summed E-state index contributed by atoms with van der Waals surface area (Å²) in [6, 6.07) is 6.44. The van der Waals surface area contributed by atoms with Crippen LogP contribution in [0, 0.1) is 39.6 Å². The summed E-state index contributed by atoms with van der Waals surface area (Å²) in [4.78, 5) is 80.7. The highest BCUT2D eigenvalue weighted by atomic mass is 127. The van der Waals surface area contributed by atoms with E-state index in [1.54, 1.807) is 22.6 Å². The van der Waals surface area contributed by atoms with Gasteiger partial charge in [-0.2, -0.15) is 36.3 Å². The normalized spacial score (nSPS) is 13.8. The number of aromatic nitrogens is 8. The number of anilines is 2. The van der Waals surface area contributed by atoms with Gasteiger partial charge < -0.3 is 19.8 Å². The number of amides is 2. The van der Waals surface area contributed by atoms with Gasteiger partial charge in [-0.15, -0.1) is 6.42 Å². The standard InChI is InChI=1S/C22H20F3N5O5S.C11H9F3INO.C11H12N4O4S/c1-28-16-17(27-20(28)36(3,34)35)30(21(33)29(2)19(16)32)8-4-5-12-9-14(22(23,24)25)11-15(10-12)26-18(31)13-6-7-13;12-11(13,14)7-3-8(15)5-9(4-7)16-10(17)6-1-2-6;1-5-6-15-8-7(9(16)14(3)11(15)17)13(2)10(12-8)20(4,18)19/h9-11,13H,6-8H2,1-3H3,(H,26,31);3-6H,1-2H2,(H,16,17);1H,6H2,2-4H3. The van der Waals surface area contributed by atoms with Crippen molar-refractivity contribution in [2.45, 2.75) is 61.4 Å². The molecule has 6 aromatic rings. The molecule has 0 radical (unpaired) electrons. The first-order chi connectivity index (χ1) is 33.7. The van der Waals surface area contributed by atoms with Gasteiger partial charge in [0.1, 0.15) is 0 Å². The minimum Gasteiger partial charge on any atom is -0.326 e. The molecule has 0 bridgehead atoms. The predicted molar refractivity (Wildman–Crippen MR) is 261 cm³/mol. The van der Waals surface area contributed by atoms with Gasteiger partial charge >= 0.3 is 23.7 Å². The van der Waals surface area contributed by atoms with Gasteiger partial charge in [-0.25, -0.2) is 26.4 Å². The number of nitrogens with zero attached hydrogens (tertiary/aromatic N) is 8. The molecule has 2 fully saturated rings. The lowest BCUT2D eigenvalue weighted by Crippen LogP contribution is -2.38. The molecule has 2 aromatic carbocycles. The lowest BCUT2D eigenvalue weighted by molar-refractivity contribution is -0.138. The van der Waals surface area contributed by atoms with Crippen LogP contribution in [0.4, 0.5) is 37.7 Å². The molecule has 0 saturated heterocycles. The fourth-order valence-electron chi connectivity index (χ4n) is 7.02. The van der Waals surface area contributed by atoms with Crippen LogP contribution in [0.1, 0.15) is 42.4 Å². The molecule has 2 amide bonds. The van der Waals surface area contributed by atoms with E-state index in [-0.39, 0.29) is 74.6 Å². The number of hydrogen-bond donors (Lipinski definition) is 2. The number of alkyl halides is 6. The van der Waals surface area contributed by atoms with Crippen molar-refractivity contribution in [3.8, 4) is 24.2 Å². The summed E-state index contributed by atoms with van der Waals surface area (Å²) in [6.07, 6.45) is 0.979. The Balaban J connectivity index is 0.000000197. The number of carbonyl (C=O) groups excluding carboxylic acids is 2. The molecule has 20 nitrogen and oxygen atoms in total. The first kappa shape index (κ1) is 55.3. The van der Waals surface area contributed by atoms with E-state index in [1.165, 1.54) is 40.3 Å². The lowest BCUT2D eigenvalue weighted by Gasteiger charge is -2.11. The van der Waals surface area contributed by atoms with Crippen LogP contribution in [-0.2, 0) is 82.9 Å². The second-order valence-corrected chi connectivity index (χ2v) is 21.9. The topological polar surface area (TPSA) is 250 Å². The number of fused-ring (bicyclic) bond motifs is 2. The highest BCUT2D eigenvalue weighted by Crippen LogP contribution is 2.35. The predicted octanol–water partition coefficient (Wildman–Crippen LogP) is 3.39. The third kappa shape index (κ3) is 12.4. The van der Waals surface area contributed by atoms with E-state index in [0.717, 1.165) is 77.0 Å². The molecule has 2 aliphatic carbocycles. The van der Waals surface area contributed by atoms with Crippen LogP contribution in [0.15, 0.2) is 65.9 Å². The van der Waals surface area contributed by atoms with Gasteiger partial charge in [-0.3, -0.25) is 37.4 Å². The molecule has 0 aliphatic heterocycles. The number of nitrogens with one attached hydrogen (secondary N) is 2. The van der Waals surface area contributed by atoms with Crippen molar-refractivity contribution >= 4 is 87.8 Å². The fraction of sp³-hybridized carbons (Fsp3) is 0.364. The summed E-state index contributed by atoms with van der Waals surface area (Å²) in [7, 11) is -2.27. The monoisotopic (exact) mass is 1170 g/mol. The Hall–Kier alpha value is -6.99. The first-order valence-corrected chi connectivity index (χ1v) is 26.0. The van der Waals surface area contributed by atoms with Crippen molar-refractivity contribution in [1.82, 2.24) is 37.4 Å². The van der Waals surface area contributed by atoms with E-state index < -0.39 is 77.4 Å². The Kier molecular flexibility index (Phi) is 15.5. The molecule has 8 rings (SSSR count). The summed E-state index contributed by atoms with van der Waals surface area (Å²) in [5.41, 5.74) is -4.91. The summed E-state index contributed by atoms with van der Waals surface area (Å²) >= 11 is 1.80. The first-order valence-electron chi connectivity index (χ1n) is 21.1. The van der Waals surface area contributed by atoms with Crippen molar-refractivity contribution < 1.29 is 52.8 Å². The van der Waals surface area contributed by atoms with E-state index in [1.807, 2.05) is 0 Å². The number of aryl methyl sites for hydroxylation is 2. The fourth-order valence-corrected chi connectivity index (χ4v) is 9.37. The molecule has 0 unspecified atom stereocenters. The number of terminal acetylenes is 1. The number of benzene rings is 2. The molecule has 0 spiro atoms. The number of sulfone groups is 2. The molecule has 2 aliphatic rings. The molecule has 388 valence electrons. The average molecular weight is 1170 g/mol. The lowest BCUT2D eigenvalue weighted by atomic mass is 10.1. The zero-order valence-corrected chi connectivity index (χ0v) is 42.9. The largest absolute Gasteiger partial charge is 0.416 e. The van der Waals surface area contributed by atoms with E-state index >= 15 is 0 Å². The maximum Gasteiger partial charge on any atom is 0.416 e. The Bertz CT molecular complexity index is 3860. The van der Waals surface area contributed by atoms with Gasteiger partial charge in [0.05, 0.1) is 24.2 Å². The quantitative estimate of drug-likeness (QED) is 0.127.